The Hall–Kier alpha value is -2.75. The standard InChI is InChI=1S/C21H22O4/c1-3-15(14-22)19(21(24)17-7-5-4-6-8-17)13-20(23)16-9-11-18(25-2)12-10-16/h4-12,14-15,19H,3,13H2,1-2H3. The molecule has 2 unspecified atom stereocenters. The lowest BCUT2D eigenvalue weighted by Crippen LogP contribution is -2.27. The smallest absolute Gasteiger partial charge is 0.167 e. The highest BCUT2D eigenvalue weighted by Gasteiger charge is 2.30. The third-order valence-electron chi connectivity index (χ3n) is 4.38. The molecule has 0 radical (unpaired) electrons. The van der Waals surface area contributed by atoms with Gasteiger partial charge in [-0.2, -0.15) is 0 Å². The van der Waals surface area contributed by atoms with Gasteiger partial charge in [0, 0.05) is 29.4 Å². The van der Waals surface area contributed by atoms with Crippen LogP contribution >= 0.6 is 0 Å². The molecule has 0 N–H and O–H groups in total. The number of ketones is 2. The Bertz CT molecular complexity index is 719. The molecule has 2 aromatic carbocycles. The fraction of sp³-hybridized carbons (Fsp3) is 0.286. The van der Waals surface area contributed by atoms with E-state index in [0.29, 0.717) is 23.3 Å². The van der Waals surface area contributed by atoms with E-state index in [2.05, 4.69) is 0 Å². The summed E-state index contributed by atoms with van der Waals surface area (Å²) in [5, 5.41) is 0. The van der Waals surface area contributed by atoms with Crippen LogP contribution < -0.4 is 4.74 Å². The summed E-state index contributed by atoms with van der Waals surface area (Å²) in [6, 6.07) is 15.6. The predicted molar refractivity (Wildman–Crippen MR) is 96.0 cm³/mol. The minimum absolute atomic E-state index is 0.0112. The molecule has 0 heterocycles. The van der Waals surface area contributed by atoms with E-state index in [1.54, 1.807) is 55.6 Å². The molecule has 130 valence electrons. The number of rotatable bonds is 9. The Morgan fingerprint density at radius 1 is 1.00 bits per heavy atom. The first-order chi connectivity index (χ1) is 12.1. The summed E-state index contributed by atoms with van der Waals surface area (Å²) in [7, 11) is 1.56. The van der Waals surface area contributed by atoms with Crippen molar-refractivity contribution in [2.75, 3.05) is 7.11 Å². The molecule has 2 aromatic rings. The largest absolute Gasteiger partial charge is 0.497 e. The van der Waals surface area contributed by atoms with Crippen molar-refractivity contribution in [3.8, 4) is 5.75 Å². The first-order valence-corrected chi connectivity index (χ1v) is 8.32. The molecule has 2 rings (SSSR count). The molecule has 0 aliphatic heterocycles. The second-order valence-electron chi connectivity index (χ2n) is 5.90. The van der Waals surface area contributed by atoms with E-state index in [1.807, 2.05) is 13.0 Å². The molecule has 0 saturated carbocycles. The normalized spacial score (nSPS) is 12.9. The number of aldehydes is 1. The van der Waals surface area contributed by atoms with Gasteiger partial charge in [0.15, 0.2) is 11.6 Å². The number of ether oxygens (including phenoxy) is 1. The molecule has 25 heavy (non-hydrogen) atoms. The van der Waals surface area contributed by atoms with Crippen molar-refractivity contribution in [3.05, 3.63) is 65.7 Å². The number of benzene rings is 2. The highest BCUT2D eigenvalue weighted by atomic mass is 16.5. The van der Waals surface area contributed by atoms with Gasteiger partial charge in [0.2, 0.25) is 0 Å². The van der Waals surface area contributed by atoms with Gasteiger partial charge in [0.05, 0.1) is 7.11 Å². The second-order valence-corrected chi connectivity index (χ2v) is 5.90. The van der Waals surface area contributed by atoms with Gasteiger partial charge in [-0.3, -0.25) is 9.59 Å². The van der Waals surface area contributed by atoms with Gasteiger partial charge in [-0.25, -0.2) is 0 Å². The fourth-order valence-corrected chi connectivity index (χ4v) is 2.83. The SMILES string of the molecule is CCC(C=O)C(CC(=O)c1ccc(OC)cc1)C(=O)c1ccccc1. The van der Waals surface area contributed by atoms with Gasteiger partial charge in [-0.05, 0) is 30.7 Å². The maximum absolute atomic E-state index is 12.8. The number of hydrogen-bond acceptors (Lipinski definition) is 4. The highest BCUT2D eigenvalue weighted by Crippen LogP contribution is 2.25. The van der Waals surface area contributed by atoms with Crippen LogP contribution in [0.2, 0.25) is 0 Å². The Morgan fingerprint density at radius 3 is 2.16 bits per heavy atom. The fourth-order valence-electron chi connectivity index (χ4n) is 2.83. The van der Waals surface area contributed by atoms with Crippen molar-refractivity contribution < 1.29 is 19.1 Å². The van der Waals surface area contributed by atoms with Crippen LogP contribution in [0.1, 0.15) is 40.5 Å². The Morgan fingerprint density at radius 2 is 1.64 bits per heavy atom. The monoisotopic (exact) mass is 338 g/mol. The third kappa shape index (κ3) is 4.63. The van der Waals surface area contributed by atoms with Gasteiger partial charge >= 0.3 is 0 Å². The lowest BCUT2D eigenvalue weighted by Gasteiger charge is -2.20. The van der Waals surface area contributed by atoms with E-state index < -0.39 is 11.8 Å². The van der Waals surface area contributed by atoms with Gasteiger partial charge < -0.3 is 9.53 Å². The average Bonchev–Trinajstić information content (AvgIpc) is 2.68. The van der Waals surface area contributed by atoms with Gasteiger partial charge in [0.25, 0.3) is 0 Å². The van der Waals surface area contributed by atoms with Crippen LogP contribution in [-0.2, 0) is 4.79 Å². The molecule has 0 aliphatic carbocycles. The summed E-state index contributed by atoms with van der Waals surface area (Å²) in [5.74, 6) is -0.791. The minimum Gasteiger partial charge on any atom is -0.497 e. The molecular weight excluding hydrogens is 316 g/mol. The van der Waals surface area contributed by atoms with E-state index >= 15 is 0 Å². The van der Waals surface area contributed by atoms with Crippen molar-refractivity contribution >= 4 is 17.9 Å². The molecule has 2 atom stereocenters. The third-order valence-corrected chi connectivity index (χ3v) is 4.38. The summed E-state index contributed by atoms with van der Waals surface area (Å²) in [6.07, 6.45) is 1.31. The molecule has 0 fully saturated rings. The molecule has 0 aliphatic rings. The first kappa shape index (κ1) is 18.6. The van der Waals surface area contributed by atoms with Crippen molar-refractivity contribution in [3.63, 3.8) is 0 Å². The minimum atomic E-state index is -0.653. The molecule has 0 aromatic heterocycles. The molecule has 4 nitrogen and oxygen atoms in total. The van der Waals surface area contributed by atoms with Gasteiger partial charge in [-0.1, -0.05) is 37.3 Å². The van der Waals surface area contributed by atoms with Crippen molar-refractivity contribution in [2.24, 2.45) is 11.8 Å². The zero-order valence-corrected chi connectivity index (χ0v) is 14.5. The maximum Gasteiger partial charge on any atom is 0.167 e. The van der Waals surface area contributed by atoms with Crippen LogP contribution in [0.25, 0.3) is 0 Å². The first-order valence-electron chi connectivity index (χ1n) is 8.32. The van der Waals surface area contributed by atoms with Gasteiger partial charge in [0.1, 0.15) is 12.0 Å². The summed E-state index contributed by atoms with van der Waals surface area (Å²) >= 11 is 0. The number of Topliss-reactive ketones (excluding diaryl/α,β-unsaturated/α-hetero) is 2. The number of hydrogen-bond donors (Lipinski definition) is 0. The Balaban J connectivity index is 2.24. The Kier molecular flexibility index (Phi) is 6.63. The quantitative estimate of drug-likeness (QED) is 0.512. The van der Waals surface area contributed by atoms with Crippen molar-refractivity contribution in [1.82, 2.24) is 0 Å². The molecule has 0 bridgehead atoms. The second kappa shape index (κ2) is 8.92. The molecule has 0 spiro atoms. The summed E-state index contributed by atoms with van der Waals surface area (Å²) < 4.78 is 5.09. The van der Waals surface area contributed by atoms with E-state index in [4.69, 9.17) is 4.74 Å². The van der Waals surface area contributed by atoms with Crippen molar-refractivity contribution in [2.45, 2.75) is 19.8 Å². The summed E-state index contributed by atoms with van der Waals surface area (Å²) in [5.41, 5.74) is 1.03. The summed E-state index contributed by atoms with van der Waals surface area (Å²) in [6.45, 7) is 1.85. The van der Waals surface area contributed by atoms with Crippen LogP contribution in [0, 0.1) is 11.8 Å². The Labute approximate surface area is 147 Å². The highest BCUT2D eigenvalue weighted by molar-refractivity contribution is 6.04. The average molecular weight is 338 g/mol. The van der Waals surface area contributed by atoms with Gasteiger partial charge in [-0.15, -0.1) is 0 Å². The number of carbonyl (C=O) groups excluding carboxylic acids is 3. The van der Waals surface area contributed by atoms with E-state index in [9.17, 15) is 14.4 Å². The van der Waals surface area contributed by atoms with Crippen LogP contribution in [0.15, 0.2) is 54.6 Å². The lowest BCUT2D eigenvalue weighted by atomic mass is 9.80. The van der Waals surface area contributed by atoms with Crippen LogP contribution in [0.3, 0.4) is 0 Å². The topological polar surface area (TPSA) is 60.4 Å². The number of carbonyl (C=O) groups is 3. The molecule has 0 amide bonds. The summed E-state index contributed by atoms with van der Waals surface area (Å²) in [4.78, 5) is 36.9. The zero-order chi connectivity index (χ0) is 18.2. The van der Waals surface area contributed by atoms with Crippen LogP contribution in [0.5, 0.6) is 5.75 Å². The predicted octanol–water partition coefficient (Wildman–Crippen LogP) is 3.99. The van der Waals surface area contributed by atoms with E-state index in [0.717, 1.165) is 6.29 Å². The lowest BCUT2D eigenvalue weighted by molar-refractivity contribution is -0.112. The number of methoxy groups -OCH3 is 1. The van der Waals surface area contributed by atoms with Crippen LogP contribution in [-0.4, -0.2) is 25.0 Å². The molecule has 0 saturated heterocycles. The van der Waals surface area contributed by atoms with Crippen molar-refractivity contribution in [1.29, 1.82) is 0 Å². The maximum atomic E-state index is 12.8. The van der Waals surface area contributed by atoms with E-state index in [1.165, 1.54) is 0 Å². The zero-order valence-electron chi connectivity index (χ0n) is 14.5. The van der Waals surface area contributed by atoms with Crippen LogP contribution in [0.4, 0.5) is 0 Å². The molecule has 4 heteroatoms. The molecular formula is C21H22O4. The van der Waals surface area contributed by atoms with E-state index in [-0.39, 0.29) is 18.0 Å².